The van der Waals surface area contributed by atoms with Crippen molar-refractivity contribution < 1.29 is 83.4 Å². The zero-order chi connectivity index (χ0) is 37.5. The molecular formula is C26H30F9N5O9. The van der Waals surface area contributed by atoms with Gasteiger partial charge in [0, 0.05) is 50.8 Å². The van der Waals surface area contributed by atoms with Gasteiger partial charge in [-0.3, -0.25) is 4.90 Å². The monoisotopic (exact) mass is 727 g/mol. The Bertz CT molecular complexity index is 1260. The van der Waals surface area contributed by atoms with Crippen LogP contribution in [0.5, 0.6) is 5.88 Å². The van der Waals surface area contributed by atoms with E-state index in [4.69, 9.17) is 43.9 Å². The average Bonchev–Trinajstić information content (AvgIpc) is 3.30. The molecule has 4 rings (SSSR count). The third-order valence-electron chi connectivity index (χ3n) is 5.96. The summed E-state index contributed by atoms with van der Waals surface area (Å²) in [6, 6.07) is 5.77. The lowest BCUT2D eigenvalue weighted by Crippen LogP contribution is -2.44. The third kappa shape index (κ3) is 16.9. The molecule has 4 heterocycles. The van der Waals surface area contributed by atoms with Gasteiger partial charge in [-0.1, -0.05) is 6.07 Å². The van der Waals surface area contributed by atoms with Gasteiger partial charge in [-0.15, -0.1) is 0 Å². The van der Waals surface area contributed by atoms with Crippen LogP contribution in [0.1, 0.15) is 18.4 Å². The van der Waals surface area contributed by atoms with Gasteiger partial charge < -0.3 is 34.8 Å². The maximum atomic E-state index is 10.6. The number of nitrogens with zero attached hydrogens (tertiary/aromatic N) is 4. The van der Waals surface area contributed by atoms with Crippen LogP contribution in [0, 0.1) is 0 Å². The van der Waals surface area contributed by atoms with Crippen LogP contribution in [0.3, 0.4) is 0 Å². The summed E-state index contributed by atoms with van der Waals surface area (Å²) >= 11 is 0. The number of alkyl halides is 9. The summed E-state index contributed by atoms with van der Waals surface area (Å²) in [4.78, 5) is 41.8. The minimum Gasteiger partial charge on any atom is -0.481 e. The van der Waals surface area contributed by atoms with Gasteiger partial charge in [0.05, 0.1) is 26.4 Å². The molecule has 2 saturated heterocycles. The first-order valence-corrected chi connectivity index (χ1v) is 13.5. The van der Waals surface area contributed by atoms with Crippen LogP contribution in [0.25, 0.3) is 0 Å². The molecule has 0 aliphatic carbocycles. The summed E-state index contributed by atoms with van der Waals surface area (Å²) < 4.78 is 113. The highest BCUT2D eigenvalue weighted by Crippen LogP contribution is 2.33. The van der Waals surface area contributed by atoms with Crippen molar-refractivity contribution in [2.24, 2.45) is 0 Å². The molecule has 14 nitrogen and oxygen atoms in total. The maximum absolute atomic E-state index is 10.6. The van der Waals surface area contributed by atoms with Gasteiger partial charge in [0.25, 0.3) is 0 Å². The van der Waals surface area contributed by atoms with E-state index in [-0.39, 0.29) is 11.7 Å². The molecule has 2 aromatic rings. The van der Waals surface area contributed by atoms with E-state index in [1.54, 1.807) is 19.5 Å². The van der Waals surface area contributed by atoms with Crippen molar-refractivity contribution >= 4 is 23.9 Å². The summed E-state index contributed by atoms with van der Waals surface area (Å²) in [5.74, 6) is -7.00. The lowest BCUT2D eigenvalue weighted by Gasteiger charge is -2.32. The fourth-order valence-electron chi connectivity index (χ4n) is 3.86. The van der Waals surface area contributed by atoms with Crippen molar-refractivity contribution in [2.75, 3.05) is 45.3 Å². The molecule has 0 unspecified atom stereocenters. The predicted molar refractivity (Wildman–Crippen MR) is 145 cm³/mol. The Morgan fingerprint density at radius 3 is 1.92 bits per heavy atom. The number of rotatable bonds is 6. The van der Waals surface area contributed by atoms with Crippen LogP contribution in [-0.2, 0) is 30.4 Å². The molecule has 4 N–H and O–H groups in total. The SMILES string of the molecule is COc1ccc(CN2CCOC[C@]3(CC[C@H](CNc4ncccn4)O3)C2)cn1.O=C(O)C(F)(F)F.O=C(O)C(F)(F)F.O=C(O)C(F)(F)F. The quantitative estimate of drug-likeness (QED) is 0.315. The number of carboxylic acid groups (broad SMARTS) is 3. The molecule has 49 heavy (non-hydrogen) atoms. The largest absolute Gasteiger partial charge is 0.490 e. The molecule has 2 aliphatic heterocycles. The Morgan fingerprint density at radius 2 is 1.47 bits per heavy atom. The smallest absolute Gasteiger partial charge is 0.481 e. The van der Waals surface area contributed by atoms with E-state index in [0.29, 0.717) is 25.0 Å². The molecule has 0 radical (unpaired) electrons. The molecule has 2 aliphatic rings. The van der Waals surface area contributed by atoms with Crippen LogP contribution >= 0.6 is 0 Å². The van der Waals surface area contributed by atoms with E-state index in [1.165, 1.54) is 0 Å². The van der Waals surface area contributed by atoms with Crippen molar-refractivity contribution in [1.29, 1.82) is 0 Å². The number of carboxylic acids is 3. The molecule has 23 heteroatoms. The first kappa shape index (κ1) is 42.5. The zero-order valence-electron chi connectivity index (χ0n) is 25.2. The predicted octanol–water partition coefficient (Wildman–Crippen LogP) is 3.64. The second kappa shape index (κ2) is 18.9. The number of aromatic nitrogens is 3. The van der Waals surface area contributed by atoms with Crippen LogP contribution in [0.4, 0.5) is 45.5 Å². The fourth-order valence-corrected chi connectivity index (χ4v) is 3.86. The summed E-state index contributed by atoms with van der Waals surface area (Å²) in [5, 5.41) is 24.6. The fraction of sp³-hybridized carbons (Fsp3) is 0.538. The Morgan fingerprint density at radius 1 is 0.939 bits per heavy atom. The Balaban J connectivity index is 0.000000467. The highest BCUT2D eigenvalue weighted by Gasteiger charge is 2.43. The standard InChI is InChI=1S/C20H27N5O3.3C2HF3O2/c1-26-18-4-3-16(11-23-18)13-25-9-10-27-15-20(14-25)6-5-17(28-20)12-24-19-21-7-2-8-22-19;3*3-2(4,5)1(6)7/h2-4,7-8,11,17H,5-6,9-10,12-15H2,1H3,(H,21,22,24);3*(H,6,7)/t17-,20+;;;/m1.../s1. The molecule has 1 spiro atoms. The molecule has 0 aromatic carbocycles. The number of hydrogen-bond donors (Lipinski definition) is 4. The van der Waals surface area contributed by atoms with E-state index in [0.717, 1.165) is 44.6 Å². The number of hydrogen-bond acceptors (Lipinski definition) is 11. The summed E-state index contributed by atoms with van der Waals surface area (Å²) in [6.45, 7) is 4.63. The number of ether oxygens (including phenoxy) is 3. The molecule has 2 atom stereocenters. The van der Waals surface area contributed by atoms with E-state index in [2.05, 4.69) is 31.2 Å². The lowest BCUT2D eigenvalue weighted by atomic mass is 10.00. The van der Waals surface area contributed by atoms with Gasteiger partial charge in [0.15, 0.2) is 0 Å². The number of methoxy groups -OCH3 is 1. The van der Waals surface area contributed by atoms with E-state index in [9.17, 15) is 39.5 Å². The van der Waals surface area contributed by atoms with Crippen molar-refractivity contribution in [3.8, 4) is 5.88 Å². The van der Waals surface area contributed by atoms with Gasteiger partial charge in [0.1, 0.15) is 5.60 Å². The average molecular weight is 728 g/mol. The first-order chi connectivity index (χ1) is 22.6. The van der Waals surface area contributed by atoms with Gasteiger partial charge in [-0.05, 0) is 24.5 Å². The minimum absolute atomic E-state index is 0.134. The molecule has 0 amide bonds. The highest BCUT2D eigenvalue weighted by molar-refractivity contribution is 5.73. The van der Waals surface area contributed by atoms with E-state index < -0.39 is 36.4 Å². The Labute approximate surface area is 270 Å². The molecule has 0 bridgehead atoms. The van der Waals surface area contributed by atoms with Crippen LogP contribution in [-0.4, -0.2) is 123 Å². The van der Waals surface area contributed by atoms with Gasteiger partial charge in [-0.25, -0.2) is 29.3 Å². The van der Waals surface area contributed by atoms with Gasteiger partial charge in [0.2, 0.25) is 11.8 Å². The molecule has 276 valence electrons. The Hall–Kier alpha value is -4.51. The second-order valence-corrected chi connectivity index (χ2v) is 9.80. The molecule has 2 aromatic heterocycles. The van der Waals surface area contributed by atoms with Gasteiger partial charge in [-0.2, -0.15) is 39.5 Å². The van der Waals surface area contributed by atoms with Crippen LogP contribution in [0.2, 0.25) is 0 Å². The van der Waals surface area contributed by atoms with Crippen LogP contribution in [0.15, 0.2) is 36.8 Å². The minimum atomic E-state index is -5.08. The molecule has 0 saturated carbocycles. The maximum Gasteiger partial charge on any atom is 0.490 e. The molecule has 2 fully saturated rings. The number of nitrogens with one attached hydrogen (secondary N) is 1. The Kier molecular flexibility index (Phi) is 16.4. The zero-order valence-corrected chi connectivity index (χ0v) is 25.2. The summed E-state index contributed by atoms with van der Waals surface area (Å²) in [5.41, 5.74) is 0.913. The molecular weight excluding hydrogens is 697 g/mol. The van der Waals surface area contributed by atoms with E-state index >= 15 is 0 Å². The van der Waals surface area contributed by atoms with Gasteiger partial charge >= 0.3 is 36.4 Å². The van der Waals surface area contributed by atoms with Crippen molar-refractivity contribution in [3.05, 3.63) is 42.4 Å². The summed E-state index contributed by atoms with van der Waals surface area (Å²) in [6.07, 6.45) is -7.78. The first-order valence-electron chi connectivity index (χ1n) is 13.5. The highest BCUT2D eigenvalue weighted by atomic mass is 19.4. The number of anilines is 1. The van der Waals surface area contributed by atoms with Crippen molar-refractivity contribution in [1.82, 2.24) is 19.9 Å². The van der Waals surface area contributed by atoms with Crippen LogP contribution < -0.4 is 10.1 Å². The van der Waals surface area contributed by atoms with E-state index in [1.807, 2.05) is 18.3 Å². The normalized spacial score (nSPS) is 19.4. The lowest BCUT2D eigenvalue weighted by molar-refractivity contribution is -0.193. The number of pyridine rings is 1. The number of carbonyl (C=O) groups is 3. The van der Waals surface area contributed by atoms with Crippen molar-refractivity contribution in [2.45, 2.75) is 49.6 Å². The third-order valence-corrected chi connectivity index (χ3v) is 5.96. The second-order valence-electron chi connectivity index (χ2n) is 9.80. The number of halogens is 9. The summed E-state index contributed by atoms with van der Waals surface area (Å²) in [7, 11) is 1.63. The van der Waals surface area contributed by atoms with Crippen molar-refractivity contribution in [3.63, 3.8) is 0 Å². The topological polar surface area (TPSA) is 194 Å². The number of aliphatic carboxylic acids is 3.